The summed E-state index contributed by atoms with van der Waals surface area (Å²) in [4.78, 5) is -2.05. The van der Waals surface area contributed by atoms with Gasteiger partial charge in [-0.1, -0.05) is 13.3 Å². The van der Waals surface area contributed by atoms with Crippen LogP contribution in [-0.2, 0) is 10.1 Å². The third kappa shape index (κ3) is 3.23. The molecule has 3 rings (SSSR count). The van der Waals surface area contributed by atoms with Gasteiger partial charge >= 0.3 is 10.1 Å². The van der Waals surface area contributed by atoms with Crippen LogP contribution in [0.3, 0.4) is 0 Å². The van der Waals surface area contributed by atoms with Gasteiger partial charge in [0.2, 0.25) is 11.6 Å². The zero-order chi connectivity index (χ0) is 18.6. The quantitative estimate of drug-likeness (QED) is 0.483. The van der Waals surface area contributed by atoms with Crippen LogP contribution < -0.4 is 4.74 Å². The molecule has 1 N–H and O–H groups in total. The van der Waals surface area contributed by atoms with Crippen LogP contribution in [0.4, 0.5) is 17.6 Å². The molecular formula is C16H18F4O4S. The summed E-state index contributed by atoms with van der Waals surface area (Å²) >= 11 is 0. The Hall–Kier alpha value is -1.35. The lowest BCUT2D eigenvalue weighted by Crippen LogP contribution is -2.46. The van der Waals surface area contributed by atoms with Crippen LogP contribution in [-0.4, -0.2) is 18.6 Å². The van der Waals surface area contributed by atoms with Crippen molar-refractivity contribution in [2.45, 2.75) is 55.9 Å². The molecule has 2 bridgehead atoms. The average molecular weight is 382 g/mol. The van der Waals surface area contributed by atoms with E-state index in [0.29, 0.717) is 25.2 Å². The van der Waals surface area contributed by atoms with Gasteiger partial charge in [-0.05, 0) is 43.9 Å². The van der Waals surface area contributed by atoms with Crippen LogP contribution in [0, 0.1) is 35.1 Å². The molecule has 0 saturated heterocycles. The van der Waals surface area contributed by atoms with Crippen LogP contribution >= 0.6 is 0 Å². The van der Waals surface area contributed by atoms with E-state index < -0.39 is 49.6 Å². The van der Waals surface area contributed by atoms with Crippen molar-refractivity contribution >= 4 is 10.1 Å². The molecular weight excluding hydrogens is 364 g/mol. The van der Waals surface area contributed by atoms with Crippen LogP contribution in [0.2, 0.25) is 0 Å². The summed E-state index contributed by atoms with van der Waals surface area (Å²) in [5, 5.41) is 0. The molecule has 3 atom stereocenters. The molecule has 1 aromatic rings. The molecule has 140 valence electrons. The maximum absolute atomic E-state index is 14.2. The van der Waals surface area contributed by atoms with Crippen LogP contribution in [0.1, 0.15) is 45.4 Å². The zero-order valence-electron chi connectivity index (χ0n) is 13.5. The molecule has 3 unspecified atom stereocenters. The fourth-order valence-corrected chi connectivity index (χ4v) is 5.01. The molecule has 2 aliphatic rings. The highest BCUT2D eigenvalue weighted by atomic mass is 32.2. The number of hydrogen-bond donors (Lipinski definition) is 1. The minimum Gasteiger partial charge on any atom is -0.481 e. The Morgan fingerprint density at radius 1 is 1.08 bits per heavy atom. The first-order valence-corrected chi connectivity index (χ1v) is 9.50. The van der Waals surface area contributed by atoms with Crippen molar-refractivity contribution in [3.63, 3.8) is 0 Å². The topological polar surface area (TPSA) is 63.6 Å². The van der Waals surface area contributed by atoms with Crippen LogP contribution in [0.5, 0.6) is 5.75 Å². The largest absolute Gasteiger partial charge is 0.481 e. The summed E-state index contributed by atoms with van der Waals surface area (Å²) in [6.45, 7) is 1.98. The van der Waals surface area contributed by atoms with Gasteiger partial charge in [-0.25, -0.2) is 8.78 Å². The molecule has 0 aliphatic heterocycles. The Morgan fingerprint density at radius 2 is 1.68 bits per heavy atom. The normalized spacial score (nSPS) is 29.5. The van der Waals surface area contributed by atoms with E-state index >= 15 is 0 Å². The monoisotopic (exact) mass is 382 g/mol. The number of ether oxygens (including phenoxy) is 1. The predicted octanol–water partition coefficient (Wildman–Crippen LogP) is 4.23. The standard InChI is InChI=1S/C16H18F4O4S/c1-8-5-9-3-2-4-16(6-8,7-9)24-14-10(17)12(19)15(25(21,22)23)13(20)11(14)18/h8-9H,2-7H2,1H3,(H,21,22,23). The number of benzene rings is 1. The summed E-state index contributed by atoms with van der Waals surface area (Å²) in [5.74, 6) is -9.01. The van der Waals surface area contributed by atoms with E-state index in [1.807, 2.05) is 6.92 Å². The SMILES string of the molecule is CC1CC2CCCC(Oc3c(F)c(F)c(S(=O)(=O)O)c(F)c3F)(C1)C2. The van der Waals surface area contributed by atoms with E-state index in [4.69, 9.17) is 9.29 Å². The molecule has 0 amide bonds. The highest BCUT2D eigenvalue weighted by molar-refractivity contribution is 7.85. The first-order chi connectivity index (χ1) is 11.5. The van der Waals surface area contributed by atoms with Gasteiger partial charge in [0.25, 0.3) is 0 Å². The minimum absolute atomic E-state index is 0.233. The Kier molecular flexibility index (Phi) is 4.51. The summed E-state index contributed by atoms with van der Waals surface area (Å²) < 4.78 is 92.6. The molecule has 0 radical (unpaired) electrons. The van der Waals surface area contributed by atoms with Crippen molar-refractivity contribution in [2.24, 2.45) is 11.8 Å². The number of rotatable bonds is 3. The predicted molar refractivity (Wildman–Crippen MR) is 79.8 cm³/mol. The van der Waals surface area contributed by atoms with Gasteiger partial charge in [0, 0.05) is 0 Å². The smallest absolute Gasteiger partial charge is 0.300 e. The lowest BCUT2D eigenvalue weighted by Gasteiger charge is -2.47. The summed E-state index contributed by atoms with van der Waals surface area (Å²) in [5.41, 5.74) is -0.930. The zero-order valence-corrected chi connectivity index (χ0v) is 14.3. The van der Waals surface area contributed by atoms with Crippen molar-refractivity contribution in [2.75, 3.05) is 0 Å². The second kappa shape index (κ2) is 6.12. The molecule has 0 spiro atoms. The van der Waals surface area contributed by atoms with Gasteiger partial charge in [0.1, 0.15) is 5.60 Å². The molecule has 0 aromatic heterocycles. The Balaban J connectivity index is 2.07. The van der Waals surface area contributed by atoms with E-state index in [2.05, 4.69) is 0 Å². The van der Waals surface area contributed by atoms with E-state index in [9.17, 15) is 26.0 Å². The summed E-state index contributed by atoms with van der Waals surface area (Å²) in [7, 11) is -5.47. The second-order valence-electron chi connectivity index (χ2n) is 7.18. The van der Waals surface area contributed by atoms with E-state index in [-0.39, 0.29) is 5.92 Å². The first-order valence-electron chi connectivity index (χ1n) is 8.06. The van der Waals surface area contributed by atoms with Gasteiger partial charge in [-0.15, -0.1) is 0 Å². The Bertz CT molecular complexity index is 778. The Morgan fingerprint density at radius 3 is 2.24 bits per heavy atom. The molecule has 25 heavy (non-hydrogen) atoms. The van der Waals surface area contributed by atoms with Gasteiger partial charge in [0.15, 0.2) is 22.3 Å². The molecule has 2 saturated carbocycles. The fraction of sp³-hybridized carbons (Fsp3) is 0.625. The van der Waals surface area contributed by atoms with Gasteiger partial charge in [-0.3, -0.25) is 4.55 Å². The second-order valence-corrected chi connectivity index (χ2v) is 8.54. The molecule has 0 heterocycles. The molecule has 2 fully saturated rings. The highest BCUT2D eigenvalue weighted by Gasteiger charge is 2.45. The summed E-state index contributed by atoms with van der Waals surface area (Å²) in [6.07, 6.45) is 4.21. The van der Waals surface area contributed by atoms with Gasteiger partial charge in [-0.2, -0.15) is 17.2 Å². The van der Waals surface area contributed by atoms with Crippen molar-refractivity contribution in [3.8, 4) is 5.75 Å². The Labute approximate surface area is 142 Å². The summed E-state index contributed by atoms with van der Waals surface area (Å²) in [6, 6.07) is 0. The molecule has 9 heteroatoms. The van der Waals surface area contributed by atoms with Gasteiger partial charge in [0.05, 0.1) is 0 Å². The van der Waals surface area contributed by atoms with Crippen LogP contribution in [0.15, 0.2) is 4.90 Å². The fourth-order valence-electron chi connectivity index (χ4n) is 4.38. The lowest BCUT2D eigenvalue weighted by molar-refractivity contribution is -0.0484. The molecule has 1 aromatic carbocycles. The maximum Gasteiger partial charge on any atom is 0.300 e. The third-order valence-corrected chi connectivity index (χ3v) is 6.00. The van der Waals surface area contributed by atoms with Crippen molar-refractivity contribution in [3.05, 3.63) is 23.3 Å². The molecule has 2 aliphatic carbocycles. The molecule has 4 nitrogen and oxygen atoms in total. The number of fused-ring (bicyclic) bond motifs is 2. The van der Waals surface area contributed by atoms with Crippen LogP contribution in [0.25, 0.3) is 0 Å². The van der Waals surface area contributed by atoms with Gasteiger partial charge < -0.3 is 4.74 Å². The number of halogens is 4. The van der Waals surface area contributed by atoms with Crippen molar-refractivity contribution in [1.29, 1.82) is 0 Å². The minimum atomic E-state index is -5.47. The van der Waals surface area contributed by atoms with Crippen molar-refractivity contribution in [1.82, 2.24) is 0 Å². The third-order valence-electron chi connectivity index (χ3n) is 5.12. The number of hydrogen-bond acceptors (Lipinski definition) is 3. The van der Waals surface area contributed by atoms with Crippen molar-refractivity contribution < 1.29 is 35.3 Å². The maximum atomic E-state index is 14.2. The van der Waals surface area contributed by atoms with E-state index in [0.717, 1.165) is 19.3 Å². The van der Waals surface area contributed by atoms with E-state index in [1.165, 1.54) is 0 Å². The highest BCUT2D eigenvalue weighted by Crippen LogP contribution is 2.48. The lowest BCUT2D eigenvalue weighted by atomic mass is 9.65. The van der Waals surface area contributed by atoms with E-state index in [1.54, 1.807) is 0 Å². The first kappa shape index (κ1) is 18.4. The average Bonchev–Trinajstić information content (AvgIpc) is 2.48.